The van der Waals surface area contributed by atoms with Crippen LogP contribution in [0, 0.1) is 11.8 Å². The average molecular weight is 342 g/mol. The van der Waals surface area contributed by atoms with Crippen LogP contribution in [0.1, 0.15) is 59.3 Å². The number of hydrogen-bond acceptors (Lipinski definition) is 3. The Hall–Kier alpha value is -0.810. The smallest absolute Gasteiger partial charge is 0.191 e. The third-order valence-electron chi connectivity index (χ3n) is 4.80. The number of methoxy groups -OCH3 is 1. The monoisotopic (exact) mass is 341 g/mol. The van der Waals surface area contributed by atoms with Crippen molar-refractivity contribution in [3.05, 3.63) is 0 Å². The van der Waals surface area contributed by atoms with Gasteiger partial charge < -0.3 is 20.1 Å². The maximum atomic E-state index is 5.47. The third kappa shape index (κ3) is 9.48. The van der Waals surface area contributed by atoms with Crippen molar-refractivity contribution in [2.75, 3.05) is 40.0 Å². The van der Waals surface area contributed by atoms with Crippen molar-refractivity contribution in [2.24, 2.45) is 16.8 Å². The van der Waals surface area contributed by atoms with E-state index in [1.54, 1.807) is 7.11 Å². The summed E-state index contributed by atoms with van der Waals surface area (Å²) in [5.41, 5.74) is 0. The van der Waals surface area contributed by atoms with Crippen molar-refractivity contribution >= 4 is 5.96 Å². The SMILES string of the molecule is CCNC(=NCCCCOCCOC)NC1CCC(C(C)C)CC1. The van der Waals surface area contributed by atoms with Gasteiger partial charge in [-0.1, -0.05) is 13.8 Å². The zero-order valence-electron chi connectivity index (χ0n) is 16.3. The van der Waals surface area contributed by atoms with Crippen molar-refractivity contribution in [2.45, 2.75) is 65.3 Å². The summed E-state index contributed by atoms with van der Waals surface area (Å²) in [4.78, 5) is 4.71. The van der Waals surface area contributed by atoms with E-state index < -0.39 is 0 Å². The molecule has 0 atom stereocenters. The molecule has 1 saturated carbocycles. The van der Waals surface area contributed by atoms with Gasteiger partial charge in [-0.25, -0.2) is 0 Å². The lowest BCUT2D eigenvalue weighted by Gasteiger charge is -2.32. The highest BCUT2D eigenvalue weighted by Gasteiger charge is 2.23. The van der Waals surface area contributed by atoms with Crippen LogP contribution in [0.5, 0.6) is 0 Å². The lowest BCUT2D eigenvalue weighted by Crippen LogP contribution is -2.45. The van der Waals surface area contributed by atoms with Gasteiger partial charge in [-0.2, -0.15) is 0 Å². The fourth-order valence-electron chi connectivity index (χ4n) is 3.19. The number of unbranched alkanes of at least 4 members (excludes halogenated alkanes) is 1. The van der Waals surface area contributed by atoms with Gasteiger partial charge in [0.15, 0.2) is 5.96 Å². The molecule has 1 rings (SSSR count). The maximum absolute atomic E-state index is 5.47. The number of nitrogens with one attached hydrogen (secondary N) is 2. The van der Waals surface area contributed by atoms with E-state index >= 15 is 0 Å². The van der Waals surface area contributed by atoms with Crippen molar-refractivity contribution in [1.29, 1.82) is 0 Å². The second kappa shape index (κ2) is 13.5. The summed E-state index contributed by atoms with van der Waals surface area (Å²) in [6, 6.07) is 0.579. The lowest BCUT2D eigenvalue weighted by atomic mass is 9.80. The van der Waals surface area contributed by atoms with Crippen LogP contribution in [0.2, 0.25) is 0 Å². The fourth-order valence-corrected chi connectivity index (χ4v) is 3.19. The van der Waals surface area contributed by atoms with Crippen LogP contribution in [0.15, 0.2) is 4.99 Å². The summed E-state index contributed by atoms with van der Waals surface area (Å²) in [5, 5.41) is 7.00. The predicted octanol–water partition coefficient (Wildman–Crippen LogP) is 3.20. The van der Waals surface area contributed by atoms with Gasteiger partial charge >= 0.3 is 0 Å². The van der Waals surface area contributed by atoms with E-state index in [-0.39, 0.29) is 0 Å². The molecule has 2 N–H and O–H groups in total. The first-order valence-electron chi connectivity index (χ1n) is 9.78. The molecule has 142 valence electrons. The Balaban J connectivity index is 2.20. The Labute approximate surface area is 149 Å². The summed E-state index contributed by atoms with van der Waals surface area (Å²) in [5.74, 6) is 2.70. The Morgan fingerprint density at radius 2 is 1.83 bits per heavy atom. The van der Waals surface area contributed by atoms with Crippen LogP contribution in [0.25, 0.3) is 0 Å². The standard InChI is InChI=1S/C19H39N3O2/c1-5-20-19(21-12-6-7-13-24-15-14-23-4)22-18-10-8-17(9-11-18)16(2)3/h16-18H,5-15H2,1-4H3,(H2,20,21,22). The zero-order chi connectivity index (χ0) is 17.6. The first kappa shape index (κ1) is 21.2. The fraction of sp³-hybridized carbons (Fsp3) is 0.947. The predicted molar refractivity (Wildman–Crippen MR) is 102 cm³/mol. The second-order valence-electron chi connectivity index (χ2n) is 7.07. The maximum Gasteiger partial charge on any atom is 0.191 e. The molecule has 0 spiro atoms. The number of nitrogens with zero attached hydrogens (tertiary/aromatic N) is 1. The molecule has 0 aromatic heterocycles. The summed E-state index contributed by atoms with van der Waals surface area (Å²) in [7, 11) is 1.70. The van der Waals surface area contributed by atoms with Gasteiger partial charge in [0, 0.05) is 32.8 Å². The van der Waals surface area contributed by atoms with E-state index in [9.17, 15) is 0 Å². The molecule has 5 nitrogen and oxygen atoms in total. The molecule has 24 heavy (non-hydrogen) atoms. The quantitative estimate of drug-likeness (QED) is 0.344. The van der Waals surface area contributed by atoms with Gasteiger partial charge in [0.05, 0.1) is 13.2 Å². The van der Waals surface area contributed by atoms with E-state index in [1.165, 1.54) is 25.7 Å². The lowest BCUT2D eigenvalue weighted by molar-refractivity contribution is 0.0690. The van der Waals surface area contributed by atoms with Gasteiger partial charge in [0.25, 0.3) is 0 Å². The van der Waals surface area contributed by atoms with E-state index in [0.29, 0.717) is 19.3 Å². The molecule has 0 bridgehead atoms. The molecule has 0 heterocycles. The number of aliphatic imine (C=N–C) groups is 1. The zero-order valence-corrected chi connectivity index (χ0v) is 16.3. The Morgan fingerprint density at radius 3 is 2.46 bits per heavy atom. The molecule has 1 fully saturated rings. The highest BCUT2D eigenvalue weighted by atomic mass is 16.5. The molecule has 1 aliphatic rings. The molecule has 0 aromatic rings. The van der Waals surface area contributed by atoms with Crippen LogP contribution < -0.4 is 10.6 Å². The highest BCUT2D eigenvalue weighted by molar-refractivity contribution is 5.80. The molecule has 1 aliphatic carbocycles. The van der Waals surface area contributed by atoms with E-state index in [0.717, 1.165) is 50.3 Å². The Morgan fingerprint density at radius 1 is 1.08 bits per heavy atom. The number of hydrogen-bond donors (Lipinski definition) is 2. The van der Waals surface area contributed by atoms with Gasteiger partial charge in [-0.15, -0.1) is 0 Å². The highest BCUT2D eigenvalue weighted by Crippen LogP contribution is 2.29. The van der Waals surface area contributed by atoms with Crippen molar-refractivity contribution in [3.8, 4) is 0 Å². The van der Waals surface area contributed by atoms with E-state index in [4.69, 9.17) is 14.5 Å². The first-order chi connectivity index (χ1) is 11.7. The van der Waals surface area contributed by atoms with Crippen LogP contribution in [-0.4, -0.2) is 52.0 Å². The minimum absolute atomic E-state index is 0.579. The first-order valence-corrected chi connectivity index (χ1v) is 9.78. The van der Waals surface area contributed by atoms with E-state index in [2.05, 4.69) is 31.4 Å². The summed E-state index contributed by atoms with van der Waals surface area (Å²) >= 11 is 0. The Bertz CT molecular complexity index is 327. The molecule has 5 heteroatoms. The van der Waals surface area contributed by atoms with Crippen molar-refractivity contribution in [3.63, 3.8) is 0 Å². The van der Waals surface area contributed by atoms with Gasteiger partial charge in [-0.3, -0.25) is 4.99 Å². The van der Waals surface area contributed by atoms with Crippen molar-refractivity contribution < 1.29 is 9.47 Å². The largest absolute Gasteiger partial charge is 0.382 e. The van der Waals surface area contributed by atoms with E-state index in [1.807, 2.05) is 0 Å². The average Bonchev–Trinajstić information content (AvgIpc) is 2.58. The molecule has 0 unspecified atom stereocenters. The van der Waals surface area contributed by atoms with Gasteiger partial charge in [0.1, 0.15) is 0 Å². The summed E-state index contributed by atoms with van der Waals surface area (Å²) < 4.78 is 10.4. The van der Waals surface area contributed by atoms with Crippen LogP contribution in [0.4, 0.5) is 0 Å². The summed E-state index contributed by atoms with van der Waals surface area (Å²) in [6.45, 7) is 10.7. The molecule has 0 saturated heterocycles. The molecule has 0 aliphatic heterocycles. The van der Waals surface area contributed by atoms with Crippen LogP contribution in [0.3, 0.4) is 0 Å². The van der Waals surface area contributed by atoms with Gasteiger partial charge in [-0.05, 0) is 57.3 Å². The van der Waals surface area contributed by atoms with Gasteiger partial charge in [0.2, 0.25) is 0 Å². The summed E-state index contributed by atoms with van der Waals surface area (Å²) in [6.07, 6.45) is 7.32. The second-order valence-corrected chi connectivity index (χ2v) is 7.07. The molecule has 0 radical (unpaired) electrons. The third-order valence-corrected chi connectivity index (χ3v) is 4.80. The topological polar surface area (TPSA) is 54.9 Å². The number of guanidine groups is 1. The minimum atomic E-state index is 0.579. The Kier molecular flexibility index (Phi) is 11.9. The van der Waals surface area contributed by atoms with Crippen LogP contribution in [-0.2, 0) is 9.47 Å². The van der Waals surface area contributed by atoms with Crippen molar-refractivity contribution in [1.82, 2.24) is 10.6 Å². The number of ether oxygens (including phenoxy) is 2. The normalized spacial score (nSPS) is 22.0. The van der Waals surface area contributed by atoms with Crippen LogP contribution >= 0.6 is 0 Å². The molecule has 0 aromatic carbocycles. The number of rotatable bonds is 11. The minimum Gasteiger partial charge on any atom is -0.382 e. The molecular weight excluding hydrogens is 302 g/mol. The molecule has 0 amide bonds. The molecular formula is C19H39N3O2.